The fourth-order valence-corrected chi connectivity index (χ4v) is 2.78. The molecular weight excluding hydrogens is 274 g/mol. The molecule has 1 atom stereocenters. The molecule has 114 valence electrons. The third-order valence-electron chi connectivity index (χ3n) is 3.92. The Kier molecular flexibility index (Phi) is 4.39. The highest BCUT2D eigenvalue weighted by atomic mass is 16.5. The Labute approximate surface area is 130 Å². The quantitative estimate of drug-likeness (QED) is 0.759. The molecule has 0 fully saturated rings. The summed E-state index contributed by atoms with van der Waals surface area (Å²) in [5, 5.41) is 9.04. The number of aromatic nitrogens is 2. The van der Waals surface area contributed by atoms with Crippen molar-refractivity contribution in [1.82, 2.24) is 15.1 Å². The fourth-order valence-electron chi connectivity index (χ4n) is 2.78. The molecule has 0 saturated heterocycles. The van der Waals surface area contributed by atoms with Crippen LogP contribution in [-0.4, -0.2) is 30.5 Å². The monoisotopic (exact) mass is 295 g/mol. The molecule has 0 amide bonds. The van der Waals surface area contributed by atoms with Gasteiger partial charge < -0.3 is 10.1 Å². The second-order valence-corrected chi connectivity index (χ2v) is 5.32. The van der Waals surface area contributed by atoms with E-state index in [1.165, 1.54) is 5.56 Å². The maximum Gasteiger partial charge on any atom is 0.129 e. The van der Waals surface area contributed by atoms with Crippen molar-refractivity contribution in [2.75, 3.05) is 20.7 Å². The molecule has 0 spiro atoms. The molecule has 0 radical (unpaired) electrons. The Balaban J connectivity index is 2.04. The smallest absolute Gasteiger partial charge is 0.129 e. The summed E-state index contributed by atoms with van der Waals surface area (Å²) < 4.78 is 7.50. The first-order valence-corrected chi connectivity index (χ1v) is 7.55. The van der Waals surface area contributed by atoms with Crippen molar-refractivity contribution in [3.8, 4) is 5.75 Å². The maximum absolute atomic E-state index is 5.44. The maximum atomic E-state index is 5.44. The van der Waals surface area contributed by atoms with Gasteiger partial charge in [0.15, 0.2) is 0 Å². The molecule has 0 aliphatic rings. The summed E-state index contributed by atoms with van der Waals surface area (Å²) in [4.78, 5) is 0. The predicted octanol–water partition coefficient (Wildman–Crippen LogP) is 3.24. The summed E-state index contributed by atoms with van der Waals surface area (Å²) in [6.07, 6.45) is 3.07. The molecule has 4 heteroatoms. The van der Waals surface area contributed by atoms with E-state index in [-0.39, 0.29) is 6.04 Å². The second-order valence-electron chi connectivity index (χ2n) is 5.32. The highest BCUT2D eigenvalue weighted by molar-refractivity contribution is 5.84. The van der Waals surface area contributed by atoms with Crippen molar-refractivity contribution < 1.29 is 4.74 Å². The number of nitrogens with one attached hydrogen (secondary N) is 1. The predicted molar refractivity (Wildman–Crippen MR) is 89.4 cm³/mol. The second kappa shape index (κ2) is 6.62. The normalized spacial score (nSPS) is 12.5. The molecule has 1 unspecified atom stereocenters. The van der Waals surface area contributed by atoms with Gasteiger partial charge in [-0.3, -0.25) is 4.68 Å². The van der Waals surface area contributed by atoms with Crippen molar-refractivity contribution in [1.29, 1.82) is 0 Å². The SMILES string of the molecule is CNCCC(c1ccccc1)n1cc2c(OC)cccc2n1. The molecule has 3 aromatic rings. The summed E-state index contributed by atoms with van der Waals surface area (Å²) in [6.45, 7) is 0.937. The Morgan fingerprint density at radius 3 is 2.68 bits per heavy atom. The summed E-state index contributed by atoms with van der Waals surface area (Å²) >= 11 is 0. The van der Waals surface area contributed by atoms with Gasteiger partial charge in [0.2, 0.25) is 0 Å². The average molecular weight is 295 g/mol. The first-order chi connectivity index (χ1) is 10.8. The summed E-state index contributed by atoms with van der Waals surface area (Å²) in [5.74, 6) is 0.865. The first-order valence-electron chi connectivity index (χ1n) is 7.55. The van der Waals surface area contributed by atoms with Crippen LogP contribution in [0.4, 0.5) is 0 Å². The van der Waals surface area contributed by atoms with Gasteiger partial charge in [-0.2, -0.15) is 5.10 Å². The van der Waals surface area contributed by atoms with E-state index in [2.05, 4.69) is 40.5 Å². The minimum atomic E-state index is 0.214. The molecule has 22 heavy (non-hydrogen) atoms. The van der Waals surface area contributed by atoms with Gasteiger partial charge in [-0.1, -0.05) is 36.4 Å². The van der Waals surface area contributed by atoms with Gasteiger partial charge in [-0.25, -0.2) is 0 Å². The average Bonchev–Trinajstić information content (AvgIpc) is 3.00. The number of hydrogen-bond donors (Lipinski definition) is 1. The van der Waals surface area contributed by atoms with E-state index in [1.807, 2.05) is 31.3 Å². The van der Waals surface area contributed by atoms with Crippen molar-refractivity contribution in [2.24, 2.45) is 0 Å². The zero-order chi connectivity index (χ0) is 15.4. The zero-order valence-corrected chi connectivity index (χ0v) is 13.0. The van der Waals surface area contributed by atoms with Crippen molar-refractivity contribution in [2.45, 2.75) is 12.5 Å². The van der Waals surface area contributed by atoms with E-state index in [0.29, 0.717) is 0 Å². The fraction of sp³-hybridized carbons (Fsp3) is 0.278. The standard InChI is InChI=1S/C18H21N3O/c1-19-12-11-17(14-7-4-3-5-8-14)21-13-15-16(20-21)9-6-10-18(15)22-2/h3-10,13,17,19H,11-12H2,1-2H3. The largest absolute Gasteiger partial charge is 0.496 e. The van der Waals surface area contributed by atoms with Crippen LogP contribution in [0.5, 0.6) is 5.75 Å². The van der Waals surface area contributed by atoms with Gasteiger partial charge in [-0.15, -0.1) is 0 Å². The number of methoxy groups -OCH3 is 1. The van der Waals surface area contributed by atoms with Crippen molar-refractivity contribution in [3.63, 3.8) is 0 Å². The van der Waals surface area contributed by atoms with Crippen LogP contribution >= 0.6 is 0 Å². The van der Waals surface area contributed by atoms with Crippen LogP contribution in [0.25, 0.3) is 10.9 Å². The van der Waals surface area contributed by atoms with Gasteiger partial charge in [0.05, 0.1) is 24.1 Å². The van der Waals surface area contributed by atoms with Crippen LogP contribution in [-0.2, 0) is 0 Å². The van der Waals surface area contributed by atoms with Gasteiger partial charge in [0.1, 0.15) is 5.75 Å². The lowest BCUT2D eigenvalue weighted by atomic mass is 10.0. The van der Waals surface area contributed by atoms with Crippen LogP contribution in [0.15, 0.2) is 54.7 Å². The Hall–Kier alpha value is -2.33. The topological polar surface area (TPSA) is 39.1 Å². The lowest BCUT2D eigenvalue weighted by Crippen LogP contribution is -2.18. The summed E-state index contributed by atoms with van der Waals surface area (Å²) in [6, 6.07) is 16.7. The molecule has 1 aromatic heterocycles. The minimum Gasteiger partial charge on any atom is -0.496 e. The Morgan fingerprint density at radius 2 is 1.95 bits per heavy atom. The lowest BCUT2D eigenvalue weighted by molar-refractivity contribution is 0.419. The third-order valence-corrected chi connectivity index (χ3v) is 3.92. The lowest BCUT2D eigenvalue weighted by Gasteiger charge is -2.18. The van der Waals surface area contributed by atoms with E-state index in [4.69, 9.17) is 9.84 Å². The van der Waals surface area contributed by atoms with Crippen LogP contribution in [0.2, 0.25) is 0 Å². The Morgan fingerprint density at radius 1 is 1.14 bits per heavy atom. The summed E-state index contributed by atoms with van der Waals surface area (Å²) in [7, 11) is 3.67. The number of fused-ring (bicyclic) bond motifs is 1. The van der Waals surface area contributed by atoms with E-state index in [9.17, 15) is 0 Å². The van der Waals surface area contributed by atoms with Gasteiger partial charge in [-0.05, 0) is 37.7 Å². The van der Waals surface area contributed by atoms with E-state index >= 15 is 0 Å². The number of nitrogens with zero attached hydrogens (tertiary/aromatic N) is 2. The van der Waals surface area contributed by atoms with Crippen LogP contribution in [0, 0.1) is 0 Å². The number of ether oxygens (including phenoxy) is 1. The van der Waals surface area contributed by atoms with Crippen molar-refractivity contribution in [3.05, 3.63) is 60.3 Å². The van der Waals surface area contributed by atoms with Gasteiger partial charge in [0.25, 0.3) is 0 Å². The van der Waals surface area contributed by atoms with Crippen LogP contribution in [0.3, 0.4) is 0 Å². The third kappa shape index (κ3) is 2.83. The van der Waals surface area contributed by atoms with Crippen LogP contribution in [0.1, 0.15) is 18.0 Å². The van der Waals surface area contributed by atoms with Gasteiger partial charge >= 0.3 is 0 Å². The molecule has 2 aromatic carbocycles. The molecule has 1 heterocycles. The van der Waals surface area contributed by atoms with Gasteiger partial charge in [0, 0.05) is 6.20 Å². The molecular formula is C18H21N3O. The molecule has 4 nitrogen and oxygen atoms in total. The molecule has 3 rings (SSSR count). The highest BCUT2D eigenvalue weighted by Gasteiger charge is 2.16. The van der Waals surface area contributed by atoms with E-state index in [1.54, 1.807) is 7.11 Å². The number of rotatable bonds is 6. The van der Waals surface area contributed by atoms with E-state index < -0.39 is 0 Å². The first kappa shape index (κ1) is 14.6. The van der Waals surface area contributed by atoms with Crippen LogP contribution < -0.4 is 10.1 Å². The number of hydrogen-bond acceptors (Lipinski definition) is 3. The molecule has 0 saturated carbocycles. The Bertz CT molecular complexity index is 736. The molecule has 1 N–H and O–H groups in total. The number of benzene rings is 2. The molecule has 0 bridgehead atoms. The molecule has 0 aliphatic carbocycles. The highest BCUT2D eigenvalue weighted by Crippen LogP contribution is 2.28. The minimum absolute atomic E-state index is 0.214. The zero-order valence-electron chi connectivity index (χ0n) is 13.0. The summed E-state index contributed by atoms with van der Waals surface area (Å²) in [5.41, 5.74) is 2.23. The molecule has 0 aliphatic heterocycles. The van der Waals surface area contributed by atoms with Crippen molar-refractivity contribution >= 4 is 10.9 Å². The van der Waals surface area contributed by atoms with E-state index in [0.717, 1.165) is 29.6 Å².